The molecule has 4 atom stereocenters. The van der Waals surface area contributed by atoms with Crippen LogP contribution in [0.15, 0.2) is 60.7 Å². The van der Waals surface area contributed by atoms with Crippen LogP contribution >= 0.6 is 0 Å². The van der Waals surface area contributed by atoms with Crippen LogP contribution in [-0.4, -0.2) is 59.3 Å². The number of hydrogen-bond acceptors (Lipinski definition) is 5. The summed E-state index contributed by atoms with van der Waals surface area (Å²) in [7, 11) is 0. The Balaban J connectivity index is 1.03. The molecule has 3 N–H and O–H groups in total. The number of likely N-dealkylation sites (tertiary alicyclic amines) is 1. The Morgan fingerprint density at radius 2 is 1.98 bits per heavy atom. The number of allylic oxidation sites excluding steroid dienone is 1. The second-order valence-corrected chi connectivity index (χ2v) is 12.8. The van der Waals surface area contributed by atoms with Crippen LogP contribution in [0, 0.1) is 17.7 Å². The average molecular weight is 608 g/mol. The van der Waals surface area contributed by atoms with Crippen molar-refractivity contribution >= 4 is 40.3 Å². The summed E-state index contributed by atoms with van der Waals surface area (Å²) in [6.07, 6.45) is 11.7. The zero-order chi connectivity index (χ0) is 31.1. The third kappa shape index (κ3) is 6.40. The second kappa shape index (κ2) is 12.2. The molecule has 9 heteroatoms. The zero-order valence-corrected chi connectivity index (χ0v) is 25.4. The molecular formula is C36H38FN5O3. The fraction of sp³-hybridized carbons (Fsp3) is 0.389. The van der Waals surface area contributed by atoms with Gasteiger partial charge >= 0.3 is 0 Å². The standard InChI is InChI=1S/C36H38FN5O3/c1-21(29-16-24(26-3-2-14-38-19-26)9-8-23(29)7-6-22-4-5-22)40-36(45)33-18-27-17-32(27)42(33)34(43)20-39-35(44)31-12-10-25-15-28(37)11-13-30(25)41-31/h3,6-13,15-16,21-22,27,32-33,38H,2,4-5,14,17-20H2,1H3,(H,39,44)(H,40,45)/b7-6+/t21-,27?,32+,33?/m0/s1. The van der Waals surface area contributed by atoms with Crippen molar-refractivity contribution in [3.8, 4) is 0 Å². The van der Waals surface area contributed by atoms with Gasteiger partial charge in [0.2, 0.25) is 11.8 Å². The highest BCUT2D eigenvalue weighted by atomic mass is 19.1. The maximum absolute atomic E-state index is 13.7. The van der Waals surface area contributed by atoms with Gasteiger partial charge in [0, 0.05) is 18.0 Å². The van der Waals surface area contributed by atoms with Gasteiger partial charge in [-0.1, -0.05) is 36.4 Å². The number of rotatable bonds is 9. The normalized spacial score (nSPS) is 23.0. The lowest BCUT2D eigenvalue weighted by atomic mass is 9.93. The summed E-state index contributed by atoms with van der Waals surface area (Å²) in [5, 5.41) is 9.93. The van der Waals surface area contributed by atoms with E-state index in [-0.39, 0.29) is 42.0 Å². The number of hydrogen-bond donors (Lipinski definition) is 3. The van der Waals surface area contributed by atoms with Gasteiger partial charge in [-0.25, -0.2) is 9.37 Å². The van der Waals surface area contributed by atoms with Crippen molar-refractivity contribution in [1.82, 2.24) is 25.8 Å². The van der Waals surface area contributed by atoms with E-state index >= 15 is 0 Å². The van der Waals surface area contributed by atoms with Crippen molar-refractivity contribution in [2.45, 2.75) is 57.2 Å². The molecule has 8 nitrogen and oxygen atoms in total. The topological polar surface area (TPSA) is 103 Å². The molecule has 3 heterocycles. The Morgan fingerprint density at radius 1 is 1.11 bits per heavy atom. The predicted octanol–water partition coefficient (Wildman–Crippen LogP) is 4.77. The first-order chi connectivity index (χ1) is 21.8. The van der Waals surface area contributed by atoms with Crippen LogP contribution in [-0.2, 0) is 9.59 Å². The zero-order valence-electron chi connectivity index (χ0n) is 25.4. The van der Waals surface area contributed by atoms with E-state index in [1.54, 1.807) is 11.0 Å². The van der Waals surface area contributed by atoms with Gasteiger partial charge in [0.25, 0.3) is 5.91 Å². The van der Waals surface area contributed by atoms with Crippen LogP contribution in [0.5, 0.6) is 0 Å². The Morgan fingerprint density at radius 3 is 2.78 bits per heavy atom. The van der Waals surface area contributed by atoms with Crippen LogP contribution in [0.1, 0.15) is 72.2 Å². The quantitative estimate of drug-likeness (QED) is 0.325. The number of fused-ring (bicyclic) bond motifs is 2. The molecule has 2 saturated carbocycles. The first-order valence-electron chi connectivity index (χ1n) is 16.0. The summed E-state index contributed by atoms with van der Waals surface area (Å²) in [5.74, 6) is -0.373. The average Bonchev–Trinajstić information content (AvgIpc) is 4.00. The molecule has 1 saturated heterocycles. The maximum Gasteiger partial charge on any atom is 0.270 e. The van der Waals surface area contributed by atoms with Gasteiger partial charge in [0.05, 0.1) is 18.1 Å². The molecule has 2 unspecified atom stereocenters. The van der Waals surface area contributed by atoms with E-state index < -0.39 is 11.9 Å². The Hall–Kier alpha value is -4.37. The van der Waals surface area contributed by atoms with Gasteiger partial charge in [-0.3, -0.25) is 14.4 Å². The van der Waals surface area contributed by atoms with E-state index in [1.807, 2.05) is 6.92 Å². The van der Waals surface area contributed by atoms with Gasteiger partial charge in [-0.2, -0.15) is 0 Å². The van der Waals surface area contributed by atoms with Crippen molar-refractivity contribution in [1.29, 1.82) is 0 Å². The van der Waals surface area contributed by atoms with Crippen molar-refractivity contribution in [3.05, 3.63) is 88.9 Å². The van der Waals surface area contributed by atoms with E-state index in [4.69, 9.17) is 0 Å². The van der Waals surface area contributed by atoms with E-state index in [0.29, 0.717) is 29.2 Å². The van der Waals surface area contributed by atoms with Crippen LogP contribution in [0.25, 0.3) is 22.6 Å². The molecule has 2 aliphatic carbocycles. The lowest BCUT2D eigenvalue weighted by Gasteiger charge is -2.29. The van der Waals surface area contributed by atoms with E-state index in [9.17, 15) is 18.8 Å². The number of amides is 3. The number of carbonyl (C=O) groups excluding carboxylic acids is 3. The predicted molar refractivity (Wildman–Crippen MR) is 171 cm³/mol. The monoisotopic (exact) mass is 607 g/mol. The molecule has 1 aromatic heterocycles. The summed E-state index contributed by atoms with van der Waals surface area (Å²) in [6.45, 7) is 3.58. The minimum Gasteiger partial charge on any atom is -0.348 e. The molecule has 3 fully saturated rings. The smallest absolute Gasteiger partial charge is 0.270 e. The number of carbonyl (C=O) groups is 3. The largest absolute Gasteiger partial charge is 0.348 e. The summed E-state index contributed by atoms with van der Waals surface area (Å²) in [5.41, 5.74) is 5.21. The van der Waals surface area contributed by atoms with E-state index in [0.717, 1.165) is 42.6 Å². The molecule has 45 heavy (non-hydrogen) atoms. The van der Waals surface area contributed by atoms with Crippen LogP contribution in [0.4, 0.5) is 4.39 Å². The molecule has 0 radical (unpaired) electrons. The highest BCUT2D eigenvalue weighted by Gasteiger charge is 2.56. The van der Waals surface area contributed by atoms with Crippen molar-refractivity contribution in [3.63, 3.8) is 0 Å². The Kier molecular flexibility index (Phi) is 7.95. The summed E-state index contributed by atoms with van der Waals surface area (Å²) < 4.78 is 13.5. The number of nitrogens with one attached hydrogen (secondary N) is 3. The van der Waals surface area contributed by atoms with Crippen LogP contribution in [0.2, 0.25) is 0 Å². The minimum absolute atomic E-state index is 0.0280. The molecule has 232 valence electrons. The van der Waals surface area contributed by atoms with E-state index in [2.05, 4.69) is 57.4 Å². The number of pyridine rings is 1. The third-order valence-corrected chi connectivity index (χ3v) is 9.46. The lowest BCUT2D eigenvalue weighted by molar-refractivity contribution is -0.139. The maximum atomic E-state index is 13.7. The third-order valence-electron chi connectivity index (χ3n) is 9.46. The van der Waals surface area contributed by atoms with Gasteiger partial charge in [0.15, 0.2) is 0 Å². The summed E-state index contributed by atoms with van der Waals surface area (Å²) >= 11 is 0. The summed E-state index contributed by atoms with van der Waals surface area (Å²) in [6, 6.07) is 13.0. The SMILES string of the molecule is C[C@H](NC(=O)C1CC2C[C@H]2N1C(=O)CNC(=O)c1ccc2cc(F)ccc2n1)c1cc(C2=CCCNC2)ccc1/C=C/C1CC1. The fourth-order valence-electron chi connectivity index (χ4n) is 6.69. The molecule has 4 aliphatic rings. The molecule has 2 aromatic carbocycles. The fourth-order valence-corrected chi connectivity index (χ4v) is 6.69. The van der Waals surface area contributed by atoms with Gasteiger partial charge in [-0.05, 0) is 110 Å². The number of aromatic nitrogens is 1. The molecule has 2 aliphatic heterocycles. The molecule has 3 aromatic rings. The van der Waals surface area contributed by atoms with Crippen LogP contribution < -0.4 is 16.0 Å². The molecular weight excluding hydrogens is 569 g/mol. The molecule has 7 rings (SSSR count). The molecule has 0 spiro atoms. The molecule has 0 bridgehead atoms. The highest BCUT2D eigenvalue weighted by Crippen LogP contribution is 2.48. The van der Waals surface area contributed by atoms with E-state index in [1.165, 1.54) is 42.7 Å². The summed E-state index contributed by atoms with van der Waals surface area (Å²) in [4.78, 5) is 46.0. The Labute approximate surface area is 262 Å². The van der Waals surface area contributed by atoms with Crippen molar-refractivity contribution in [2.24, 2.45) is 11.8 Å². The highest BCUT2D eigenvalue weighted by molar-refractivity contribution is 5.98. The Bertz CT molecular complexity index is 1730. The first kappa shape index (κ1) is 29.3. The van der Waals surface area contributed by atoms with Crippen molar-refractivity contribution < 1.29 is 18.8 Å². The number of nitrogens with zero attached hydrogens (tertiary/aromatic N) is 2. The number of halogens is 1. The lowest BCUT2D eigenvalue weighted by Crippen LogP contribution is -2.51. The number of piperidine rings is 1. The van der Waals surface area contributed by atoms with Crippen LogP contribution in [0.3, 0.4) is 0 Å². The van der Waals surface area contributed by atoms with Gasteiger partial charge < -0.3 is 20.9 Å². The number of benzene rings is 2. The van der Waals surface area contributed by atoms with Gasteiger partial charge in [-0.15, -0.1) is 0 Å². The van der Waals surface area contributed by atoms with Crippen molar-refractivity contribution in [2.75, 3.05) is 19.6 Å². The second-order valence-electron chi connectivity index (χ2n) is 12.8. The molecule has 3 amide bonds. The first-order valence-corrected chi connectivity index (χ1v) is 16.0. The minimum atomic E-state index is -0.576. The van der Waals surface area contributed by atoms with Gasteiger partial charge in [0.1, 0.15) is 17.6 Å².